The van der Waals surface area contributed by atoms with Crippen LogP contribution in [0.4, 0.5) is 5.69 Å². The molecule has 1 aliphatic carbocycles. The fourth-order valence-electron chi connectivity index (χ4n) is 2.38. The van der Waals surface area contributed by atoms with E-state index in [1.54, 1.807) is 0 Å². The van der Waals surface area contributed by atoms with E-state index in [0.29, 0.717) is 6.04 Å². The Bertz CT molecular complexity index is 339. The van der Waals surface area contributed by atoms with E-state index in [0.717, 1.165) is 0 Å². The van der Waals surface area contributed by atoms with E-state index >= 15 is 0 Å². The summed E-state index contributed by atoms with van der Waals surface area (Å²) in [4.78, 5) is 0. The molecule has 1 saturated carbocycles. The molecule has 0 saturated heterocycles. The third-order valence-electron chi connectivity index (χ3n) is 3.53. The van der Waals surface area contributed by atoms with Gasteiger partial charge < -0.3 is 5.32 Å². The maximum absolute atomic E-state index is 3.63. The zero-order chi connectivity index (χ0) is 12.3. The Balaban J connectivity index is 1.98. The van der Waals surface area contributed by atoms with Crippen LogP contribution in [-0.2, 0) is 5.41 Å². The van der Waals surface area contributed by atoms with E-state index in [9.17, 15) is 0 Å². The molecule has 0 bridgehead atoms. The minimum absolute atomic E-state index is 0.247. The van der Waals surface area contributed by atoms with Gasteiger partial charge in [0.1, 0.15) is 0 Å². The Kier molecular flexibility index (Phi) is 3.76. The van der Waals surface area contributed by atoms with Gasteiger partial charge in [-0.2, -0.15) is 0 Å². The molecule has 1 fully saturated rings. The van der Waals surface area contributed by atoms with Gasteiger partial charge in [0.2, 0.25) is 0 Å². The van der Waals surface area contributed by atoms with Gasteiger partial charge in [-0.1, -0.05) is 45.7 Å². The van der Waals surface area contributed by atoms with Crippen LogP contribution in [0.1, 0.15) is 52.0 Å². The zero-order valence-electron chi connectivity index (χ0n) is 11.3. The second kappa shape index (κ2) is 5.12. The molecule has 0 amide bonds. The van der Waals surface area contributed by atoms with E-state index in [1.807, 2.05) is 0 Å². The van der Waals surface area contributed by atoms with Crippen LogP contribution in [-0.4, -0.2) is 6.04 Å². The molecule has 17 heavy (non-hydrogen) atoms. The van der Waals surface area contributed by atoms with Crippen molar-refractivity contribution in [2.45, 2.75) is 57.9 Å². The van der Waals surface area contributed by atoms with E-state index in [1.165, 1.54) is 36.9 Å². The highest BCUT2D eigenvalue weighted by atomic mass is 14.9. The molecule has 1 aromatic rings. The lowest BCUT2D eigenvalue weighted by atomic mass is 9.87. The Morgan fingerprint density at radius 3 is 2.35 bits per heavy atom. The second-order valence-electron chi connectivity index (χ2n) is 6.12. The lowest BCUT2D eigenvalue weighted by molar-refractivity contribution is 0.539. The van der Waals surface area contributed by atoms with Crippen molar-refractivity contribution in [2.75, 3.05) is 5.32 Å². The van der Waals surface area contributed by atoms with Crippen molar-refractivity contribution in [3.8, 4) is 0 Å². The number of benzene rings is 1. The minimum atomic E-state index is 0.247. The summed E-state index contributed by atoms with van der Waals surface area (Å²) in [7, 11) is 0. The third-order valence-corrected chi connectivity index (χ3v) is 3.53. The van der Waals surface area contributed by atoms with Gasteiger partial charge in [0.05, 0.1) is 0 Å². The first-order chi connectivity index (χ1) is 8.05. The molecule has 1 radical (unpaired) electrons. The summed E-state index contributed by atoms with van der Waals surface area (Å²) in [5, 5.41) is 3.63. The smallest absolute Gasteiger partial charge is 0.0342 e. The summed E-state index contributed by atoms with van der Waals surface area (Å²) in [6.45, 7) is 6.77. The lowest BCUT2D eigenvalue weighted by Crippen LogP contribution is -2.22. The molecule has 1 aliphatic rings. The Labute approximate surface area is 106 Å². The highest BCUT2D eigenvalue weighted by Gasteiger charge is 2.15. The summed E-state index contributed by atoms with van der Waals surface area (Å²) >= 11 is 0. The lowest BCUT2D eigenvalue weighted by Gasteiger charge is -2.24. The third kappa shape index (κ3) is 3.49. The van der Waals surface area contributed by atoms with Crippen LogP contribution >= 0.6 is 0 Å². The molecule has 93 valence electrons. The maximum Gasteiger partial charge on any atom is 0.0342 e. The molecule has 1 atom stereocenters. The Hall–Kier alpha value is -0.980. The van der Waals surface area contributed by atoms with Crippen molar-refractivity contribution in [3.05, 3.63) is 36.2 Å². The summed E-state index contributed by atoms with van der Waals surface area (Å²) in [6.07, 6.45) is 7.54. The largest absolute Gasteiger partial charge is 0.382 e. The first kappa shape index (κ1) is 12.5. The Morgan fingerprint density at radius 1 is 1.12 bits per heavy atom. The zero-order valence-corrected chi connectivity index (χ0v) is 11.3. The molecule has 1 nitrogen and oxygen atoms in total. The number of nitrogens with one attached hydrogen (secondary N) is 1. The van der Waals surface area contributed by atoms with Gasteiger partial charge in [0, 0.05) is 11.7 Å². The first-order valence-electron chi connectivity index (χ1n) is 6.74. The van der Waals surface area contributed by atoms with E-state index < -0.39 is 0 Å². The fraction of sp³-hybridized carbons (Fsp3) is 0.562. The van der Waals surface area contributed by atoms with Crippen molar-refractivity contribution in [3.63, 3.8) is 0 Å². The molecular weight excluding hydrogens is 206 g/mol. The normalized spacial score (nSPS) is 18.1. The predicted octanol–water partition coefficient (Wildman–Crippen LogP) is 4.54. The minimum Gasteiger partial charge on any atom is -0.382 e. The average molecular weight is 230 g/mol. The van der Waals surface area contributed by atoms with Crippen molar-refractivity contribution in [2.24, 2.45) is 0 Å². The van der Waals surface area contributed by atoms with Crippen molar-refractivity contribution >= 4 is 5.69 Å². The molecule has 1 aromatic carbocycles. The molecule has 0 heterocycles. The Morgan fingerprint density at radius 2 is 1.82 bits per heavy atom. The van der Waals surface area contributed by atoms with Gasteiger partial charge >= 0.3 is 0 Å². The van der Waals surface area contributed by atoms with Gasteiger partial charge in [-0.3, -0.25) is 0 Å². The monoisotopic (exact) mass is 230 g/mol. The van der Waals surface area contributed by atoms with Crippen molar-refractivity contribution in [1.82, 2.24) is 0 Å². The topological polar surface area (TPSA) is 12.0 Å². The molecule has 0 aromatic heterocycles. The van der Waals surface area contributed by atoms with Crippen LogP contribution in [0.25, 0.3) is 0 Å². The number of anilines is 1. The van der Waals surface area contributed by atoms with Crippen LogP contribution in [0.5, 0.6) is 0 Å². The highest BCUT2D eigenvalue weighted by molar-refractivity contribution is 5.46. The van der Waals surface area contributed by atoms with Crippen LogP contribution in [0.3, 0.4) is 0 Å². The predicted molar refractivity (Wildman–Crippen MR) is 75.3 cm³/mol. The number of rotatable bonds is 2. The molecule has 1 heteroatoms. The van der Waals surface area contributed by atoms with Gasteiger partial charge in [0.15, 0.2) is 0 Å². The summed E-state index contributed by atoms with van der Waals surface area (Å²) in [5.41, 5.74) is 2.91. The summed E-state index contributed by atoms with van der Waals surface area (Å²) in [6, 6.07) is 9.57. The molecule has 0 aliphatic heterocycles. The van der Waals surface area contributed by atoms with E-state index in [-0.39, 0.29) is 5.41 Å². The summed E-state index contributed by atoms with van der Waals surface area (Å²) in [5.74, 6) is 0. The number of hydrogen-bond donors (Lipinski definition) is 1. The van der Waals surface area contributed by atoms with Crippen LogP contribution < -0.4 is 5.32 Å². The standard InChI is InChI=1S/C16H24N/c1-16(2,3)13-9-11-15(12-10-13)17-14-7-5-4-6-8-14/h5,9-12,14,17H,4,6-8H2,1-3H3. The maximum atomic E-state index is 3.63. The van der Waals surface area contributed by atoms with E-state index in [2.05, 4.69) is 56.8 Å². The highest BCUT2D eigenvalue weighted by Crippen LogP contribution is 2.25. The van der Waals surface area contributed by atoms with Crippen LogP contribution in [0, 0.1) is 6.42 Å². The quantitative estimate of drug-likeness (QED) is 0.786. The number of hydrogen-bond acceptors (Lipinski definition) is 1. The van der Waals surface area contributed by atoms with E-state index in [4.69, 9.17) is 0 Å². The van der Waals surface area contributed by atoms with Crippen molar-refractivity contribution < 1.29 is 0 Å². The fourth-order valence-corrected chi connectivity index (χ4v) is 2.38. The SMILES string of the molecule is CC(C)(C)c1ccc(NC2C[CH]CCC2)cc1. The van der Waals surface area contributed by atoms with Gasteiger partial charge in [-0.15, -0.1) is 0 Å². The van der Waals surface area contributed by atoms with Crippen LogP contribution in [0.15, 0.2) is 24.3 Å². The van der Waals surface area contributed by atoms with Crippen LogP contribution in [0.2, 0.25) is 0 Å². The van der Waals surface area contributed by atoms with Gasteiger partial charge in [-0.05, 0) is 42.4 Å². The van der Waals surface area contributed by atoms with Crippen molar-refractivity contribution in [1.29, 1.82) is 0 Å². The second-order valence-corrected chi connectivity index (χ2v) is 6.12. The molecule has 0 spiro atoms. The average Bonchev–Trinajstić information content (AvgIpc) is 2.30. The van der Waals surface area contributed by atoms with Gasteiger partial charge in [0.25, 0.3) is 0 Å². The molecule has 1 N–H and O–H groups in total. The molecule has 1 unspecified atom stereocenters. The first-order valence-corrected chi connectivity index (χ1v) is 6.74. The van der Waals surface area contributed by atoms with Gasteiger partial charge in [-0.25, -0.2) is 0 Å². The molecular formula is C16H24N. The molecule has 2 rings (SSSR count). The summed E-state index contributed by atoms with van der Waals surface area (Å²) < 4.78 is 0.